The normalized spacial score (nSPS) is 37.8. The summed E-state index contributed by atoms with van der Waals surface area (Å²) < 4.78 is 11.2. The van der Waals surface area contributed by atoms with E-state index in [1.807, 2.05) is 6.07 Å². The summed E-state index contributed by atoms with van der Waals surface area (Å²) in [4.78, 5) is 67.6. The Bertz CT molecular complexity index is 2530. The van der Waals surface area contributed by atoms with Gasteiger partial charge in [0.05, 0.1) is 23.9 Å². The first kappa shape index (κ1) is 37.7. The predicted molar refractivity (Wildman–Crippen MR) is 242 cm³/mol. The van der Waals surface area contributed by atoms with Crippen molar-refractivity contribution in [3.8, 4) is 15.5 Å². The molecule has 11 heteroatoms. The van der Waals surface area contributed by atoms with Gasteiger partial charge in [0, 0.05) is 33.9 Å². The molecule has 12 unspecified atom stereocenters. The van der Waals surface area contributed by atoms with E-state index in [1.165, 1.54) is 93.3 Å². The van der Waals surface area contributed by atoms with Gasteiger partial charge >= 0.3 is 0 Å². The lowest BCUT2D eigenvalue weighted by Gasteiger charge is -2.48. The fourth-order valence-corrected chi connectivity index (χ4v) is 20.2. The van der Waals surface area contributed by atoms with Crippen LogP contribution in [0.1, 0.15) is 122 Å². The number of nitrogens with zero attached hydrogens (tertiary/aromatic N) is 2. The van der Waals surface area contributed by atoms with Crippen LogP contribution in [0, 0.1) is 71.0 Å². The molecule has 8 aliphatic carbocycles. The van der Waals surface area contributed by atoms with Gasteiger partial charge in [-0.05, 0) is 125 Å². The summed E-state index contributed by atoms with van der Waals surface area (Å²) in [5.74, 6) is 5.64. The number of hydrogen-bond donors (Lipinski definition) is 0. The van der Waals surface area contributed by atoms with Crippen molar-refractivity contribution in [1.82, 2.24) is 0 Å². The van der Waals surface area contributed by atoms with E-state index in [0.717, 1.165) is 89.3 Å². The number of hydrogen-bond acceptors (Lipinski definition) is 11. The number of rotatable bonds is 2. The molecule has 8 saturated carbocycles. The molecule has 0 bridgehead atoms. The molecular formula is C49H52N2O5S4. The van der Waals surface area contributed by atoms with E-state index in [4.69, 9.17) is 14.7 Å². The number of aliphatic imine (C=N–C) groups is 2. The molecule has 12 atom stereocenters. The fourth-order valence-electron chi connectivity index (χ4n) is 14.9. The van der Waals surface area contributed by atoms with Gasteiger partial charge in [-0.3, -0.25) is 19.2 Å². The SMILES string of the molecule is CC1(C)Oc2c(sc3cc(N=C4C(=O)C5CC6CC7CCCCC7CC6CC5C4=O)sc23)-c2sc3cc(N=C4C(=O)C5CC6CC7CCCCC7CC6CC5C4=O)sc3c21. The second-order valence-electron chi connectivity index (χ2n) is 21.1. The number of ketones is 4. The van der Waals surface area contributed by atoms with Crippen LogP contribution in [0.4, 0.5) is 10.0 Å². The van der Waals surface area contributed by atoms with Crippen LogP contribution in [-0.2, 0) is 24.8 Å². The summed E-state index contributed by atoms with van der Waals surface area (Å²) in [6.45, 7) is 4.22. The number of thiophene rings is 4. The smallest absolute Gasteiger partial charge is 0.188 e. The van der Waals surface area contributed by atoms with Gasteiger partial charge in [-0.15, -0.1) is 45.3 Å². The monoisotopic (exact) mass is 876 g/mol. The molecule has 9 aliphatic rings. The van der Waals surface area contributed by atoms with Crippen molar-refractivity contribution in [3.63, 3.8) is 0 Å². The summed E-state index contributed by atoms with van der Waals surface area (Å²) in [7, 11) is 0. The van der Waals surface area contributed by atoms with Crippen LogP contribution >= 0.6 is 45.3 Å². The summed E-state index contributed by atoms with van der Waals surface area (Å²) in [6, 6.07) is 4.11. The molecule has 0 aromatic carbocycles. The number of ether oxygens (including phenoxy) is 1. The fraction of sp³-hybridized carbons (Fsp3) is 0.633. The summed E-state index contributed by atoms with van der Waals surface area (Å²) in [6.07, 6.45) is 19.3. The quantitative estimate of drug-likeness (QED) is 0.200. The second kappa shape index (κ2) is 13.6. The minimum Gasteiger partial charge on any atom is -0.480 e. The third kappa shape index (κ3) is 5.58. The minimum atomic E-state index is -0.636. The average molecular weight is 877 g/mol. The molecule has 4 aromatic heterocycles. The Morgan fingerprint density at radius 1 is 0.500 bits per heavy atom. The van der Waals surface area contributed by atoms with Crippen LogP contribution < -0.4 is 4.74 Å². The molecule has 0 saturated heterocycles. The zero-order valence-corrected chi connectivity index (χ0v) is 37.7. The molecule has 0 radical (unpaired) electrons. The molecule has 0 N–H and O–H groups in total. The van der Waals surface area contributed by atoms with Gasteiger partial charge in [0.2, 0.25) is 0 Å². The van der Waals surface area contributed by atoms with Gasteiger partial charge in [0.1, 0.15) is 15.6 Å². The highest BCUT2D eigenvalue weighted by Gasteiger charge is 2.56. The highest BCUT2D eigenvalue weighted by molar-refractivity contribution is 7.36. The van der Waals surface area contributed by atoms with Crippen molar-refractivity contribution >= 4 is 109 Å². The molecule has 5 heterocycles. The molecule has 13 rings (SSSR count). The van der Waals surface area contributed by atoms with Gasteiger partial charge in [0.25, 0.3) is 0 Å². The van der Waals surface area contributed by atoms with Gasteiger partial charge in [-0.1, -0.05) is 51.4 Å². The first-order chi connectivity index (χ1) is 29.1. The maximum absolute atomic E-state index is 13.9. The van der Waals surface area contributed by atoms with Crippen LogP contribution in [0.25, 0.3) is 28.6 Å². The van der Waals surface area contributed by atoms with Crippen molar-refractivity contribution in [2.45, 2.75) is 122 Å². The van der Waals surface area contributed by atoms with Crippen LogP contribution in [0.2, 0.25) is 0 Å². The second-order valence-corrected chi connectivity index (χ2v) is 25.2. The molecule has 4 aromatic rings. The van der Waals surface area contributed by atoms with Gasteiger partial charge in [0.15, 0.2) is 40.3 Å². The molecule has 1 aliphatic heterocycles. The molecule has 0 amide bonds. The maximum Gasteiger partial charge on any atom is 0.188 e. The number of fused-ring (bicyclic) bond motifs is 13. The first-order valence-electron chi connectivity index (χ1n) is 23.2. The van der Waals surface area contributed by atoms with Crippen molar-refractivity contribution in [2.24, 2.45) is 81.0 Å². The molecule has 312 valence electrons. The third-order valence-electron chi connectivity index (χ3n) is 17.6. The van der Waals surface area contributed by atoms with E-state index in [2.05, 4.69) is 19.9 Å². The molecular weight excluding hydrogens is 825 g/mol. The predicted octanol–water partition coefficient (Wildman–Crippen LogP) is 12.7. The Balaban J connectivity index is 0.765. The molecule has 0 spiro atoms. The summed E-state index contributed by atoms with van der Waals surface area (Å²) >= 11 is 6.51. The molecule has 7 nitrogen and oxygen atoms in total. The zero-order valence-electron chi connectivity index (χ0n) is 34.5. The van der Waals surface area contributed by atoms with E-state index in [1.54, 1.807) is 34.0 Å². The van der Waals surface area contributed by atoms with Crippen molar-refractivity contribution in [1.29, 1.82) is 0 Å². The summed E-state index contributed by atoms with van der Waals surface area (Å²) in [5, 5.41) is 1.43. The van der Waals surface area contributed by atoms with Crippen LogP contribution in [0.3, 0.4) is 0 Å². The van der Waals surface area contributed by atoms with E-state index in [9.17, 15) is 19.2 Å². The Hall–Kier alpha value is -2.86. The topological polar surface area (TPSA) is 102 Å². The lowest BCUT2D eigenvalue weighted by molar-refractivity contribution is -0.124. The first-order valence-corrected chi connectivity index (χ1v) is 26.5. The van der Waals surface area contributed by atoms with E-state index < -0.39 is 5.60 Å². The lowest BCUT2D eigenvalue weighted by atomic mass is 9.57. The van der Waals surface area contributed by atoms with Crippen LogP contribution in [-0.4, -0.2) is 34.6 Å². The number of Topliss-reactive ketones (excluding diaryl/α,β-unsaturated/α-hetero) is 4. The van der Waals surface area contributed by atoms with E-state index in [-0.39, 0.29) is 58.2 Å². The highest BCUT2D eigenvalue weighted by atomic mass is 32.1. The number of carbonyl (C=O) groups excluding carboxylic acids is 4. The Morgan fingerprint density at radius 2 is 0.883 bits per heavy atom. The van der Waals surface area contributed by atoms with E-state index in [0.29, 0.717) is 28.7 Å². The minimum absolute atomic E-state index is 0.0144. The summed E-state index contributed by atoms with van der Waals surface area (Å²) in [5.41, 5.74) is 0.867. The zero-order chi connectivity index (χ0) is 40.3. The largest absolute Gasteiger partial charge is 0.480 e. The van der Waals surface area contributed by atoms with Crippen LogP contribution in [0.5, 0.6) is 5.75 Å². The van der Waals surface area contributed by atoms with E-state index >= 15 is 0 Å². The Labute approximate surface area is 366 Å². The third-order valence-corrected chi connectivity index (χ3v) is 22.4. The standard InChI is InChI=1S/C49H52N2O5S4/c1-49(2)37-45-33(19-35(59-45)50-38-40(52)29-15-25-11-21-7-3-4-8-22(21)12-26(25)16-30(29)41(38)53)57-47(37)48-44(56-49)46-34(58-48)20-36(60-46)51-39-42(54)31-17-27-13-23-9-5-6-10-24(23)14-28(27)18-32(31)43(39)55/h19-32H,3-18H2,1-2H3. The molecule has 60 heavy (non-hydrogen) atoms. The van der Waals surface area contributed by atoms with Crippen LogP contribution in [0.15, 0.2) is 22.1 Å². The maximum atomic E-state index is 13.9. The van der Waals surface area contributed by atoms with Gasteiger partial charge in [-0.2, -0.15) is 0 Å². The number of carbonyl (C=O) groups is 4. The lowest BCUT2D eigenvalue weighted by Crippen LogP contribution is -2.41. The molecule has 8 fully saturated rings. The Morgan fingerprint density at radius 3 is 1.32 bits per heavy atom. The Kier molecular flexibility index (Phi) is 8.52. The average Bonchev–Trinajstić information content (AvgIpc) is 4.06. The van der Waals surface area contributed by atoms with Crippen molar-refractivity contribution < 1.29 is 23.9 Å². The van der Waals surface area contributed by atoms with Crippen molar-refractivity contribution in [3.05, 3.63) is 17.7 Å². The van der Waals surface area contributed by atoms with Gasteiger partial charge in [-0.25, -0.2) is 9.98 Å². The van der Waals surface area contributed by atoms with Crippen molar-refractivity contribution in [2.75, 3.05) is 0 Å². The van der Waals surface area contributed by atoms with Gasteiger partial charge < -0.3 is 4.74 Å². The highest BCUT2D eigenvalue weighted by Crippen LogP contribution is 2.62.